The van der Waals surface area contributed by atoms with Gasteiger partial charge >= 0.3 is 0 Å². The number of benzene rings is 1. The molecule has 0 spiro atoms. The molecule has 17 heavy (non-hydrogen) atoms. The SMILES string of the molecule is COC(CN)C(=O)Nc1ccc(Cl)c(F)c1.Cl. The molecule has 0 bridgehead atoms. The zero-order valence-electron chi connectivity index (χ0n) is 9.07. The number of nitrogens with one attached hydrogen (secondary N) is 1. The van der Waals surface area contributed by atoms with Crippen LogP contribution in [0.15, 0.2) is 18.2 Å². The van der Waals surface area contributed by atoms with Crippen LogP contribution in [0.4, 0.5) is 10.1 Å². The Morgan fingerprint density at radius 1 is 1.65 bits per heavy atom. The summed E-state index contributed by atoms with van der Waals surface area (Å²) < 4.78 is 17.9. The molecule has 1 atom stereocenters. The van der Waals surface area contributed by atoms with Gasteiger partial charge in [-0.2, -0.15) is 0 Å². The lowest BCUT2D eigenvalue weighted by Crippen LogP contribution is -2.35. The number of rotatable bonds is 4. The Balaban J connectivity index is 0.00000256. The Labute approximate surface area is 110 Å². The third-order valence-corrected chi connectivity index (χ3v) is 2.28. The zero-order valence-corrected chi connectivity index (χ0v) is 10.6. The van der Waals surface area contributed by atoms with Crippen LogP contribution in [0.1, 0.15) is 0 Å². The van der Waals surface area contributed by atoms with Crippen LogP contribution in [-0.2, 0) is 9.53 Å². The summed E-state index contributed by atoms with van der Waals surface area (Å²) in [6, 6.07) is 3.98. The fourth-order valence-electron chi connectivity index (χ4n) is 1.11. The summed E-state index contributed by atoms with van der Waals surface area (Å²) >= 11 is 5.50. The highest BCUT2D eigenvalue weighted by molar-refractivity contribution is 6.30. The van der Waals surface area contributed by atoms with E-state index in [1.807, 2.05) is 0 Å². The van der Waals surface area contributed by atoms with Crippen molar-refractivity contribution >= 4 is 35.6 Å². The van der Waals surface area contributed by atoms with Gasteiger partial charge in [-0.05, 0) is 18.2 Å². The second-order valence-corrected chi connectivity index (χ2v) is 3.49. The molecule has 3 N–H and O–H groups in total. The highest BCUT2D eigenvalue weighted by atomic mass is 35.5. The number of hydrogen-bond donors (Lipinski definition) is 2. The molecule has 1 aromatic carbocycles. The van der Waals surface area contributed by atoms with Gasteiger partial charge in [-0.1, -0.05) is 11.6 Å². The first-order valence-corrected chi connectivity index (χ1v) is 4.95. The van der Waals surface area contributed by atoms with Crippen LogP contribution in [-0.4, -0.2) is 25.7 Å². The number of anilines is 1. The second kappa shape index (κ2) is 7.45. The van der Waals surface area contributed by atoms with Gasteiger partial charge in [-0.25, -0.2) is 4.39 Å². The van der Waals surface area contributed by atoms with E-state index in [2.05, 4.69) is 5.32 Å². The lowest BCUT2D eigenvalue weighted by molar-refractivity contribution is -0.125. The standard InChI is InChI=1S/C10H12ClFN2O2.ClH/c1-16-9(5-13)10(15)14-6-2-3-7(11)8(12)4-6;/h2-4,9H,5,13H2,1H3,(H,14,15);1H. The molecular weight excluding hydrogens is 270 g/mol. The average molecular weight is 283 g/mol. The molecule has 1 amide bonds. The van der Waals surface area contributed by atoms with Crippen molar-refractivity contribution in [3.63, 3.8) is 0 Å². The summed E-state index contributed by atoms with van der Waals surface area (Å²) in [6.07, 6.45) is -0.751. The second-order valence-electron chi connectivity index (χ2n) is 3.08. The summed E-state index contributed by atoms with van der Waals surface area (Å²) in [5.74, 6) is -1.02. The maximum atomic E-state index is 13.1. The summed E-state index contributed by atoms with van der Waals surface area (Å²) in [6.45, 7) is 0.0540. The first-order valence-electron chi connectivity index (χ1n) is 4.57. The molecule has 96 valence electrons. The van der Waals surface area contributed by atoms with E-state index in [1.54, 1.807) is 0 Å². The van der Waals surface area contributed by atoms with E-state index < -0.39 is 17.8 Å². The Hall–Kier alpha value is -0.880. The van der Waals surface area contributed by atoms with Crippen LogP contribution >= 0.6 is 24.0 Å². The molecule has 0 saturated carbocycles. The molecule has 0 radical (unpaired) electrons. The summed E-state index contributed by atoms with van der Waals surface area (Å²) in [5, 5.41) is 2.47. The first-order chi connectivity index (χ1) is 7.58. The van der Waals surface area contributed by atoms with Crippen molar-refractivity contribution in [1.82, 2.24) is 0 Å². The highest BCUT2D eigenvalue weighted by Gasteiger charge is 2.15. The number of ether oxygens (including phenoxy) is 1. The van der Waals surface area contributed by atoms with Gasteiger partial charge in [0.15, 0.2) is 0 Å². The van der Waals surface area contributed by atoms with Crippen LogP contribution in [0.2, 0.25) is 5.02 Å². The van der Waals surface area contributed by atoms with E-state index in [9.17, 15) is 9.18 Å². The van der Waals surface area contributed by atoms with Crippen molar-refractivity contribution in [3.8, 4) is 0 Å². The van der Waals surface area contributed by atoms with Crippen LogP contribution in [0.5, 0.6) is 0 Å². The average Bonchev–Trinajstić information content (AvgIpc) is 2.25. The largest absolute Gasteiger partial charge is 0.370 e. The van der Waals surface area contributed by atoms with Crippen molar-refractivity contribution < 1.29 is 13.9 Å². The van der Waals surface area contributed by atoms with Gasteiger partial charge in [0.05, 0.1) is 5.02 Å². The lowest BCUT2D eigenvalue weighted by atomic mass is 10.2. The molecule has 0 heterocycles. The van der Waals surface area contributed by atoms with E-state index in [1.165, 1.54) is 19.2 Å². The van der Waals surface area contributed by atoms with Gasteiger partial charge in [0.2, 0.25) is 0 Å². The number of nitrogens with two attached hydrogens (primary N) is 1. The van der Waals surface area contributed by atoms with Gasteiger partial charge < -0.3 is 15.8 Å². The topological polar surface area (TPSA) is 64.3 Å². The van der Waals surface area contributed by atoms with Gasteiger partial charge in [-0.3, -0.25) is 4.79 Å². The third-order valence-electron chi connectivity index (χ3n) is 1.98. The maximum Gasteiger partial charge on any atom is 0.254 e. The molecule has 7 heteroatoms. The normalized spacial score (nSPS) is 11.5. The minimum absolute atomic E-state index is 0. The molecule has 0 aliphatic carbocycles. The van der Waals surface area contributed by atoms with E-state index in [0.717, 1.165) is 6.07 Å². The lowest BCUT2D eigenvalue weighted by Gasteiger charge is -2.13. The van der Waals surface area contributed by atoms with Gasteiger partial charge in [0.25, 0.3) is 5.91 Å². The minimum atomic E-state index is -0.751. The first kappa shape index (κ1) is 16.1. The summed E-state index contributed by atoms with van der Waals surface area (Å²) in [4.78, 5) is 11.5. The monoisotopic (exact) mass is 282 g/mol. The number of amides is 1. The van der Waals surface area contributed by atoms with Crippen LogP contribution in [0, 0.1) is 5.82 Å². The number of halogens is 3. The Kier molecular flexibility index (Phi) is 7.06. The van der Waals surface area contributed by atoms with Crippen molar-refractivity contribution in [1.29, 1.82) is 0 Å². The smallest absolute Gasteiger partial charge is 0.254 e. The van der Waals surface area contributed by atoms with Crippen LogP contribution in [0.3, 0.4) is 0 Å². The number of hydrogen-bond acceptors (Lipinski definition) is 3. The summed E-state index contributed by atoms with van der Waals surface area (Å²) in [7, 11) is 1.37. The van der Waals surface area contributed by atoms with Gasteiger partial charge in [0, 0.05) is 19.3 Å². The fraction of sp³-hybridized carbons (Fsp3) is 0.300. The predicted octanol–water partition coefficient (Wildman–Crippen LogP) is 1.81. The Bertz CT molecular complexity index is 387. The molecule has 1 aromatic rings. The predicted molar refractivity (Wildman–Crippen MR) is 67.1 cm³/mol. The van der Waals surface area contributed by atoms with E-state index >= 15 is 0 Å². The molecular formula is C10H13Cl2FN2O2. The molecule has 4 nitrogen and oxygen atoms in total. The molecule has 0 aromatic heterocycles. The molecule has 0 fully saturated rings. The van der Waals surface area contributed by atoms with Crippen LogP contribution in [0.25, 0.3) is 0 Å². The Morgan fingerprint density at radius 3 is 2.76 bits per heavy atom. The third kappa shape index (κ3) is 4.47. The molecule has 1 rings (SSSR count). The Morgan fingerprint density at radius 2 is 2.29 bits per heavy atom. The van der Waals surface area contributed by atoms with E-state index in [-0.39, 0.29) is 24.0 Å². The van der Waals surface area contributed by atoms with Gasteiger partial charge in [-0.15, -0.1) is 12.4 Å². The number of carbonyl (C=O) groups is 1. The van der Waals surface area contributed by atoms with Gasteiger partial charge in [0.1, 0.15) is 11.9 Å². The minimum Gasteiger partial charge on any atom is -0.370 e. The molecule has 1 unspecified atom stereocenters. The van der Waals surface area contributed by atoms with Crippen molar-refractivity contribution in [2.75, 3.05) is 19.0 Å². The highest BCUT2D eigenvalue weighted by Crippen LogP contribution is 2.18. The van der Waals surface area contributed by atoms with Crippen LogP contribution < -0.4 is 11.1 Å². The molecule has 0 aliphatic rings. The molecule has 0 aliphatic heterocycles. The van der Waals surface area contributed by atoms with E-state index in [0.29, 0.717) is 5.69 Å². The fourth-order valence-corrected chi connectivity index (χ4v) is 1.22. The van der Waals surface area contributed by atoms with Crippen molar-refractivity contribution in [3.05, 3.63) is 29.0 Å². The van der Waals surface area contributed by atoms with Crippen molar-refractivity contribution in [2.24, 2.45) is 5.73 Å². The number of methoxy groups -OCH3 is 1. The molecule has 0 saturated heterocycles. The van der Waals surface area contributed by atoms with E-state index in [4.69, 9.17) is 22.1 Å². The van der Waals surface area contributed by atoms with Crippen molar-refractivity contribution in [2.45, 2.75) is 6.10 Å². The number of carbonyl (C=O) groups excluding carboxylic acids is 1. The maximum absolute atomic E-state index is 13.1. The quantitative estimate of drug-likeness (QED) is 0.885. The zero-order chi connectivity index (χ0) is 12.1. The summed E-state index contributed by atoms with van der Waals surface area (Å²) in [5.41, 5.74) is 5.62.